The monoisotopic (exact) mass is 218 g/mol. The molecule has 0 aliphatic carbocycles. The van der Waals surface area contributed by atoms with Gasteiger partial charge in [-0.3, -0.25) is 0 Å². The minimum Gasteiger partial charge on any atom is -0.368 e. The zero-order valence-corrected chi connectivity index (χ0v) is 10.6. The molecule has 1 unspecified atom stereocenters. The van der Waals surface area contributed by atoms with Crippen LogP contribution in [0.4, 0.5) is 5.69 Å². The van der Waals surface area contributed by atoms with Crippen molar-refractivity contribution in [3.05, 3.63) is 29.8 Å². The first kappa shape index (κ1) is 11.5. The lowest BCUT2D eigenvalue weighted by molar-refractivity contribution is 0.314. The topological polar surface area (TPSA) is 15.3 Å². The molecule has 1 aliphatic rings. The maximum atomic E-state index is 3.61. The van der Waals surface area contributed by atoms with Gasteiger partial charge in [-0.05, 0) is 32.4 Å². The molecular formula is C14H22N2. The molecule has 88 valence electrons. The number of piperazine rings is 1. The molecule has 1 N–H and O–H groups in total. The molecule has 2 heteroatoms. The smallest absolute Gasteiger partial charge is 0.0367 e. The van der Waals surface area contributed by atoms with E-state index in [4.69, 9.17) is 0 Å². The van der Waals surface area contributed by atoms with Crippen molar-refractivity contribution in [2.24, 2.45) is 0 Å². The standard InChI is InChI=1S/C14H22N2/c1-4-14(3)11-16(10-9-15-14)13-7-5-12(2)6-8-13/h5-8,15H,4,9-11H2,1-3H3. The predicted octanol–water partition coefficient (Wildman–Crippen LogP) is 2.57. The minimum absolute atomic E-state index is 0.267. The number of hydrogen-bond donors (Lipinski definition) is 1. The summed E-state index contributed by atoms with van der Waals surface area (Å²) in [7, 11) is 0. The Kier molecular flexibility index (Phi) is 3.20. The molecule has 1 fully saturated rings. The largest absolute Gasteiger partial charge is 0.368 e. The van der Waals surface area contributed by atoms with E-state index in [1.807, 2.05) is 0 Å². The van der Waals surface area contributed by atoms with E-state index in [2.05, 4.69) is 55.3 Å². The maximum absolute atomic E-state index is 3.61. The summed E-state index contributed by atoms with van der Waals surface area (Å²) in [6, 6.07) is 8.86. The van der Waals surface area contributed by atoms with Crippen molar-refractivity contribution in [2.45, 2.75) is 32.7 Å². The summed E-state index contributed by atoms with van der Waals surface area (Å²) >= 11 is 0. The second-order valence-corrected chi connectivity index (χ2v) is 5.10. The fourth-order valence-electron chi connectivity index (χ4n) is 2.26. The molecule has 0 saturated carbocycles. The lowest BCUT2D eigenvalue weighted by Crippen LogP contribution is -2.58. The van der Waals surface area contributed by atoms with Gasteiger partial charge in [0.15, 0.2) is 0 Å². The highest BCUT2D eigenvalue weighted by atomic mass is 15.2. The van der Waals surface area contributed by atoms with Gasteiger partial charge >= 0.3 is 0 Å². The normalized spacial score (nSPS) is 25.8. The van der Waals surface area contributed by atoms with Gasteiger partial charge < -0.3 is 10.2 Å². The second-order valence-electron chi connectivity index (χ2n) is 5.10. The number of rotatable bonds is 2. The third kappa shape index (κ3) is 2.38. The molecule has 1 aliphatic heterocycles. The van der Waals surface area contributed by atoms with E-state index in [-0.39, 0.29) is 5.54 Å². The molecule has 16 heavy (non-hydrogen) atoms. The van der Waals surface area contributed by atoms with E-state index in [0.29, 0.717) is 0 Å². The van der Waals surface area contributed by atoms with Crippen molar-refractivity contribution in [2.75, 3.05) is 24.5 Å². The third-order valence-electron chi connectivity index (χ3n) is 3.65. The van der Waals surface area contributed by atoms with Crippen LogP contribution in [0.25, 0.3) is 0 Å². The number of nitrogens with zero attached hydrogens (tertiary/aromatic N) is 1. The van der Waals surface area contributed by atoms with Crippen LogP contribution in [0.1, 0.15) is 25.8 Å². The summed E-state index contributed by atoms with van der Waals surface area (Å²) < 4.78 is 0. The predicted molar refractivity (Wildman–Crippen MR) is 70.1 cm³/mol. The highest BCUT2D eigenvalue weighted by Crippen LogP contribution is 2.22. The Hall–Kier alpha value is -1.02. The first-order chi connectivity index (χ1) is 7.63. The molecule has 0 amide bonds. The van der Waals surface area contributed by atoms with E-state index in [1.165, 1.54) is 17.7 Å². The van der Waals surface area contributed by atoms with Gasteiger partial charge in [0, 0.05) is 30.9 Å². The SMILES string of the molecule is CCC1(C)CN(c2ccc(C)cc2)CCN1. The van der Waals surface area contributed by atoms with Crippen molar-refractivity contribution >= 4 is 5.69 Å². The molecule has 1 aromatic rings. The first-order valence-corrected chi connectivity index (χ1v) is 6.20. The van der Waals surface area contributed by atoms with E-state index >= 15 is 0 Å². The third-order valence-corrected chi connectivity index (χ3v) is 3.65. The van der Waals surface area contributed by atoms with Crippen molar-refractivity contribution in [1.82, 2.24) is 5.32 Å². The highest BCUT2D eigenvalue weighted by molar-refractivity contribution is 5.48. The van der Waals surface area contributed by atoms with Gasteiger partial charge in [-0.25, -0.2) is 0 Å². The summed E-state index contributed by atoms with van der Waals surface area (Å²) in [5.74, 6) is 0. The Morgan fingerprint density at radius 2 is 2.00 bits per heavy atom. The van der Waals surface area contributed by atoms with Crippen LogP contribution in [0.2, 0.25) is 0 Å². The van der Waals surface area contributed by atoms with Crippen LogP contribution in [-0.2, 0) is 0 Å². The van der Waals surface area contributed by atoms with Gasteiger partial charge in [0.05, 0.1) is 0 Å². The molecule has 0 spiro atoms. The summed E-state index contributed by atoms with van der Waals surface area (Å²) in [4.78, 5) is 2.49. The first-order valence-electron chi connectivity index (χ1n) is 6.20. The fraction of sp³-hybridized carbons (Fsp3) is 0.571. The van der Waals surface area contributed by atoms with E-state index in [9.17, 15) is 0 Å². The zero-order chi connectivity index (χ0) is 11.6. The van der Waals surface area contributed by atoms with Gasteiger partial charge in [-0.15, -0.1) is 0 Å². The molecule has 1 atom stereocenters. The Balaban J connectivity index is 2.12. The van der Waals surface area contributed by atoms with Gasteiger partial charge in [0.1, 0.15) is 0 Å². The van der Waals surface area contributed by atoms with E-state index < -0.39 is 0 Å². The maximum Gasteiger partial charge on any atom is 0.0367 e. The highest BCUT2D eigenvalue weighted by Gasteiger charge is 2.28. The number of nitrogens with one attached hydrogen (secondary N) is 1. The molecule has 2 rings (SSSR count). The van der Waals surface area contributed by atoms with Crippen LogP contribution in [0.15, 0.2) is 24.3 Å². The fourth-order valence-corrected chi connectivity index (χ4v) is 2.26. The molecule has 1 heterocycles. The number of anilines is 1. The van der Waals surface area contributed by atoms with Crippen molar-refractivity contribution in [1.29, 1.82) is 0 Å². The molecule has 2 nitrogen and oxygen atoms in total. The average Bonchev–Trinajstić information content (AvgIpc) is 2.30. The van der Waals surface area contributed by atoms with Crippen LogP contribution < -0.4 is 10.2 Å². The Labute approximate surface area is 98.7 Å². The number of hydrogen-bond acceptors (Lipinski definition) is 2. The molecule has 0 aromatic heterocycles. The second kappa shape index (κ2) is 4.46. The summed E-state index contributed by atoms with van der Waals surface area (Å²) in [5.41, 5.74) is 2.95. The van der Waals surface area contributed by atoms with Gasteiger partial charge in [-0.1, -0.05) is 24.6 Å². The Morgan fingerprint density at radius 1 is 1.31 bits per heavy atom. The molecule has 0 radical (unpaired) electrons. The number of benzene rings is 1. The van der Waals surface area contributed by atoms with Crippen LogP contribution >= 0.6 is 0 Å². The Bertz CT molecular complexity index is 344. The number of aryl methyl sites for hydroxylation is 1. The molecule has 1 aromatic carbocycles. The minimum atomic E-state index is 0.267. The molecule has 0 bridgehead atoms. The average molecular weight is 218 g/mol. The quantitative estimate of drug-likeness (QED) is 0.820. The van der Waals surface area contributed by atoms with E-state index in [0.717, 1.165) is 19.6 Å². The van der Waals surface area contributed by atoms with Crippen molar-refractivity contribution in [3.63, 3.8) is 0 Å². The molecular weight excluding hydrogens is 196 g/mol. The van der Waals surface area contributed by atoms with E-state index in [1.54, 1.807) is 0 Å². The van der Waals surface area contributed by atoms with Crippen molar-refractivity contribution in [3.8, 4) is 0 Å². The van der Waals surface area contributed by atoms with Crippen LogP contribution in [0.3, 0.4) is 0 Å². The summed E-state index contributed by atoms with van der Waals surface area (Å²) in [5, 5.41) is 3.61. The Morgan fingerprint density at radius 3 is 2.62 bits per heavy atom. The lowest BCUT2D eigenvalue weighted by atomic mass is 9.95. The van der Waals surface area contributed by atoms with Crippen molar-refractivity contribution < 1.29 is 0 Å². The van der Waals surface area contributed by atoms with Gasteiger partial charge in [0.2, 0.25) is 0 Å². The summed E-state index contributed by atoms with van der Waals surface area (Å²) in [6.45, 7) is 10.0. The van der Waals surface area contributed by atoms with Crippen LogP contribution in [-0.4, -0.2) is 25.2 Å². The van der Waals surface area contributed by atoms with Gasteiger partial charge in [-0.2, -0.15) is 0 Å². The van der Waals surface area contributed by atoms with Crippen LogP contribution in [0, 0.1) is 6.92 Å². The summed E-state index contributed by atoms with van der Waals surface area (Å²) in [6.07, 6.45) is 1.18. The zero-order valence-electron chi connectivity index (χ0n) is 10.6. The van der Waals surface area contributed by atoms with Gasteiger partial charge in [0.25, 0.3) is 0 Å². The lowest BCUT2D eigenvalue weighted by Gasteiger charge is -2.42. The molecule has 1 saturated heterocycles. The van der Waals surface area contributed by atoms with Crippen LogP contribution in [0.5, 0.6) is 0 Å².